The van der Waals surface area contributed by atoms with Crippen molar-refractivity contribution in [2.45, 2.75) is 0 Å². The Morgan fingerprint density at radius 2 is 1.66 bits per heavy atom. The van der Waals surface area contributed by atoms with E-state index < -0.39 is 11.9 Å². The highest BCUT2D eigenvalue weighted by molar-refractivity contribution is 6.20. The minimum atomic E-state index is -0.557. The smallest absolute Gasteiger partial charge is 0.339 e. The first-order chi connectivity index (χ1) is 15.6. The van der Waals surface area contributed by atoms with Crippen LogP contribution in [0.25, 0.3) is 0 Å². The van der Waals surface area contributed by atoms with Crippen molar-refractivity contribution < 1.29 is 19.1 Å². The predicted molar refractivity (Wildman–Crippen MR) is 122 cm³/mol. The summed E-state index contributed by atoms with van der Waals surface area (Å²) in [4.78, 5) is 43.7. The first-order valence-corrected chi connectivity index (χ1v) is 10.1. The summed E-state index contributed by atoms with van der Waals surface area (Å²) in [5.41, 5.74) is 3.53. The van der Waals surface area contributed by atoms with Crippen molar-refractivity contribution in [2.24, 2.45) is 4.99 Å². The van der Waals surface area contributed by atoms with E-state index in [1.807, 2.05) is 48.5 Å². The van der Waals surface area contributed by atoms with E-state index in [1.54, 1.807) is 30.3 Å². The molecule has 3 aromatic rings. The molecular weight excluding hydrogens is 406 g/mol. The summed E-state index contributed by atoms with van der Waals surface area (Å²) in [6.07, 6.45) is 0. The monoisotopic (exact) mass is 427 g/mol. The zero-order chi connectivity index (χ0) is 22.5. The molecule has 7 nitrogen and oxygen atoms in total. The zero-order valence-electron chi connectivity index (χ0n) is 17.4. The van der Waals surface area contributed by atoms with Gasteiger partial charge < -0.3 is 15.0 Å². The number of esters is 1. The van der Waals surface area contributed by atoms with Gasteiger partial charge in [0.05, 0.1) is 29.8 Å². The highest BCUT2D eigenvalue weighted by Gasteiger charge is 2.27. The van der Waals surface area contributed by atoms with Gasteiger partial charge in [-0.15, -0.1) is 0 Å². The number of benzene rings is 3. The Morgan fingerprint density at radius 3 is 2.44 bits per heavy atom. The molecular formula is C25H21N3O4. The number of fused-ring (bicyclic) bond motifs is 1. The van der Waals surface area contributed by atoms with Crippen LogP contribution < -0.4 is 10.2 Å². The lowest BCUT2D eigenvalue weighted by Gasteiger charge is -2.22. The van der Waals surface area contributed by atoms with Gasteiger partial charge in [0.15, 0.2) is 0 Å². The normalized spacial score (nSPS) is 13.0. The van der Waals surface area contributed by atoms with E-state index in [-0.39, 0.29) is 24.6 Å². The van der Waals surface area contributed by atoms with Crippen LogP contribution in [0.4, 0.5) is 11.4 Å². The Labute approximate surface area is 185 Å². The fourth-order valence-electron chi connectivity index (χ4n) is 3.59. The molecule has 1 aliphatic rings. The van der Waals surface area contributed by atoms with Crippen LogP contribution in [0.1, 0.15) is 21.5 Å². The fourth-order valence-corrected chi connectivity index (χ4v) is 3.59. The standard InChI is InChI=1S/C25H21N3O4/c1-32-25(31)18-11-5-7-13-20(18)27-22(29)16-28-21-14-8-6-12-19(21)24(26-15-23(28)30)17-9-3-2-4-10-17/h2-14H,15-16H2,1H3,(H,27,29). The average molecular weight is 427 g/mol. The quantitative estimate of drug-likeness (QED) is 0.633. The van der Waals surface area contributed by atoms with Gasteiger partial charge in [0.25, 0.3) is 0 Å². The summed E-state index contributed by atoms with van der Waals surface area (Å²) >= 11 is 0. The summed E-state index contributed by atoms with van der Waals surface area (Å²) < 4.78 is 4.77. The molecule has 0 bridgehead atoms. The lowest BCUT2D eigenvalue weighted by molar-refractivity contribution is -0.120. The van der Waals surface area contributed by atoms with E-state index in [0.29, 0.717) is 17.1 Å². The van der Waals surface area contributed by atoms with Gasteiger partial charge in [-0.1, -0.05) is 60.7 Å². The predicted octanol–water partition coefficient (Wildman–Crippen LogP) is 3.30. The summed E-state index contributed by atoms with van der Waals surface area (Å²) in [6.45, 7) is -0.298. The SMILES string of the molecule is COC(=O)c1ccccc1NC(=O)CN1C(=O)CN=C(c2ccccc2)c2ccccc21. The number of benzodiazepines with no additional fused rings is 1. The third-order valence-corrected chi connectivity index (χ3v) is 5.08. The van der Waals surface area contributed by atoms with Crippen molar-refractivity contribution in [3.8, 4) is 0 Å². The molecule has 0 radical (unpaired) electrons. The van der Waals surface area contributed by atoms with Gasteiger partial charge in [0.1, 0.15) is 13.1 Å². The second kappa shape index (κ2) is 9.26. The van der Waals surface area contributed by atoms with Crippen LogP contribution in [0.3, 0.4) is 0 Å². The number of carbonyl (C=O) groups is 3. The van der Waals surface area contributed by atoms with E-state index in [2.05, 4.69) is 10.3 Å². The van der Waals surface area contributed by atoms with Crippen LogP contribution in [0, 0.1) is 0 Å². The zero-order valence-corrected chi connectivity index (χ0v) is 17.4. The minimum absolute atomic E-state index is 0.0784. The first kappa shape index (κ1) is 21.0. The molecule has 4 rings (SSSR count). The molecule has 1 heterocycles. The summed E-state index contributed by atoms with van der Waals surface area (Å²) in [5.74, 6) is -1.29. The largest absolute Gasteiger partial charge is 0.465 e. The van der Waals surface area contributed by atoms with Crippen LogP contribution in [-0.2, 0) is 14.3 Å². The van der Waals surface area contributed by atoms with Crippen molar-refractivity contribution in [2.75, 3.05) is 30.4 Å². The Bertz CT molecular complexity index is 1200. The molecule has 2 amide bonds. The third kappa shape index (κ3) is 4.27. The van der Waals surface area contributed by atoms with Gasteiger partial charge >= 0.3 is 5.97 Å². The van der Waals surface area contributed by atoms with E-state index in [0.717, 1.165) is 11.1 Å². The molecule has 0 saturated carbocycles. The number of hydrogen-bond donors (Lipinski definition) is 1. The lowest BCUT2D eigenvalue weighted by Crippen LogP contribution is -2.39. The van der Waals surface area contributed by atoms with Gasteiger partial charge in [-0.05, 0) is 18.2 Å². The summed E-state index contributed by atoms with van der Waals surface area (Å²) in [5, 5.41) is 2.72. The molecule has 0 fully saturated rings. The second-order valence-electron chi connectivity index (χ2n) is 7.11. The number of hydrogen-bond acceptors (Lipinski definition) is 5. The van der Waals surface area contributed by atoms with E-state index in [4.69, 9.17) is 4.74 Å². The summed E-state index contributed by atoms with van der Waals surface area (Å²) in [7, 11) is 1.28. The number of amides is 2. The maximum atomic E-state index is 12.9. The Morgan fingerprint density at radius 1 is 0.969 bits per heavy atom. The molecule has 0 unspecified atom stereocenters. The minimum Gasteiger partial charge on any atom is -0.465 e. The van der Waals surface area contributed by atoms with Crippen molar-refractivity contribution in [1.82, 2.24) is 0 Å². The number of rotatable bonds is 5. The van der Waals surface area contributed by atoms with Crippen LogP contribution in [0.15, 0.2) is 83.9 Å². The van der Waals surface area contributed by atoms with Gasteiger partial charge in [0.2, 0.25) is 11.8 Å². The number of para-hydroxylation sites is 2. The summed E-state index contributed by atoms with van der Waals surface area (Å²) in [6, 6.07) is 23.5. The lowest BCUT2D eigenvalue weighted by atomic mass is 10.0. The van der Waals surface area contributed by atoms with E-state index in [1.165, 1.54) is 12.0 Å². The molecule has 0 spiro atoms. The molecule has 0 aliphatic carbocycles. The van der Waals surface area contributed by atoms with E-state index in [9.17, 15) is 14.4 Å². The van der Waals surface area contributed by atoms with Gasteiger partial charge in [-0.2, -0.15) is 0 Å². The number of nitrogens with one attached hydrogen (secondary N) is 1. The first-order valence-electron chi connectivity index (χ1n) is 10.1. The molecule has 160 valence electrons. The molecule has 1 aliphatic heterocycles. The van der Waals surface area contributed by atoms with Crippen molar-refractivity contribution in [1.29, 1.82) is 0 Å². The molecule has 7 heteroatoms. The molecule has 32 heavy (non-hydrogen) atoms. The Kier molecular flexibility index (Phi) is 6.07. The maximum Gasteiger partial charge on any atom is 0.339 e. The fraction of sp³-hybridized carbons (Fsp3) is 0.120. The number of aliphatic imine (C=N–C) groups is 1. The van der Waals surface area contributed by atoms with Crippen LogP contribution in [0.2, 0.25) is 0 Å². The molecule has 0 saturated heterocycles. The Hall–Kier alpha value is -4.26. The van der Waals surface area contributed by atoms with Crippen LogP contribution in [-0.4, -0.2) is 43.7 Å². The van der Waals surface area contributed by atoms with Crippen molar-refractivity contribution in [3.05, 3.63) is 95.6 Å². The van der Waals surface area contributed by atoms with Crippen LogP contribution in [0.5, 0.6) is 0 Å². The van der Waals surface area contributed by atoms with Crippen molar-refractivity contribution >= 4 is 34.9 Å². The highest BCUT2D eigenvalue weighted by Crippen LogP contribution is 2.27. The molecule has 0 aromatic heterocycles. The molecule has 0 atom stereocenters. The molecule has 1 N–H and O–H groups in total. The number of anilines is 2. The third-order valence-electron chi connectivity index (χ3n) is 5.08. The maximum absolute atomic E-state index is 12.9. The van der Waals surface area contributed by atoms with E-state index >= 15 is 0 Å². The number of ether oxygens (including phenoxy) is 1. The number of methoxy groups -OCH3 is 1. The van der Waals surface area contributed by atoms with Gasteiger partial charge in [-0.3, -0.25) is 14.6 Å². The van der Waals surface area contributed by atoms with Crippen LogP contribution >= 0.6 is 0 Å². The molecule has 3 aromatic carbocycles. The van der Waals surface area contributed by atoms with Gasteiger partial charge in [0, 0.05) is 11.1 Å². The topological polar surface area (TPSA) is 88.1 Å². The second-order valence-corrected chi connectivity index (χ2v) is 7.11. The van der Waals surface area contributed by atoms with Gasteiger partial charge in [-0.25, -0.2) is 4.79 Å². The Balaban J connectivity index is 1.62. The average Bonchev–Trinajstić information content (AvgIpc) is 2.96. The van der Waals surface area contributed by atoms with Crippen molar-refractivity contribution in [3.63, 3.8) is 0 Å². The number of nitrogens with zero attached hydrogens (tertiary/aromatic N) is 2. The highest BCUT2D eigenvalue weighted by atomic mass is 16.5. The number of carbonyl (C=O) groups excluding carboxylic acids is 3.